The van der Waals surface area contributed by atoms with E-state index in [-0.39, 0.29) is 17.6 Å². The van der Waals surface area contributed by atoms with Gasteiger partial charge in [-0.05, 0) is 19.1 Å². The number of pyridine rings is 1. The lowest BCUT2D eigenvalue weighted by Crippen LogP contribution is -2.68. The first-order valence-corrected chi connectivity index (χ1v) is 8.36. The highest BCUT2D eigenvalue weighted by molar-refractivity contribution is 5.78. The molecule has 0 aliphatic carbocycles. The number of hydrogen-bond acceptors (Lipinski definition) is 5. The zero-order valence-corrected chi connectivity index (χ0v) is 13.9. The van der Waals surface area contributed by atoms with E-state index < -0.39 is 10.2 Å². The Balaban J connectivity index is 0.000000368. The van der Waals surface area contributed by atoms with Gasteiger partial charge in [0.25, 0.3) is 5.66 Å². The maximum Gasteiger partial charge on any atom is 0.293 e. The molecule has 2 atom stereocenters. The molecule has 0 N–H and O–H groups in total. The molecule has 2 heterocycles. The second-order valence-electron chi connectivity index (χ2n) is 5.32. The van der Waals surface area contributed by atoms with E-state index in [4.69, 9.17) is 18.6 Å². The van der Waals surface area contributed by atoms with Gasteiger partial charge in [-0.15, -0.1) is 10.2 Å². The van der Waals surface area contributed by atoms with Crippen LogP contribution in [0.5, 0.6) is 0 Å². The van der Waals surface area contributed by atoms with Crippen LogP contribution in [0.4, 0.5) is 0 Å². The van der Waals surface area contributed by atoms with E-state index in [1.54, 1.807) is 6.92 Å². The molecule has 1 aromatic carbocycles. The van der Waals surface area contributed by atoms with Crippen LogP contribution in [0.3, 0.4) is 0 Å². The largest absolute Gasteiger partial charge is 0.293 e. The third kappa shape index (κ3) is 3.72. The van der Waals surface area contributed by atoms with Crippen molar-refractivity contribution in [1.29, 1.82) is 0 Å². The molecule has 1 aromatic heterocycles. The summed E-state index contributed by atoms with van der Waals surface area (Å²) in [4.78, 5) is 13.8. The summed E-state index contributed by atoms with van der Waals surface area (Å²) in [6, 6.07) is 16.3. The zero-order valence-electron chi connectivity index (χ0n) is 13.2. The van der Waals surface area contributed by atoms with E-state index in [1.165, 1.54) is 0 Å². The molecule has 2 aromatic rings. The monoisotopic (exact) mass is 352 g/mol. The Labute approximate surface area is 141 Å². The van der Waals surface area contributed by atoms with Crippen molar-refractivity contribution in [2.75, 3.05) is 0 Å². The number of rotatable bonds is 2. The average Bonchev–Trinajstić information content (AvgIpc) is 3.14. The van der Waals surface area contributed by atoms with Gasteiger partial charge < -0.3 is 0 Å². The van der Waals surface area contributed by atoms with E-state index in [2.05, 4.69) is 23.6 Å². The van der Waals surface area contributed by atoms with Crippen LogP contribution in [0.15, 0.2) is 60.9 Å². The van der Waals surface area contributed by atoms with Crippen molar-refractivity contribution in [2.24, 2.45) is 0 Å². The van der Waals surface area contributed by atoms with Crippen LogP contribution in [0.25, 0.3) is 0 Å². The van der Waals surface area contributed by atoms with Gasteiger partial charge in [-0.3, -0.25) is 9.69 Å². The summed E-state index contributed by atoms with van der Waals surface area (Å²) < 4.78 is 36.1. The van der Waals surface area contributed by atoms with Crippen LogP contribution in [0.2, 0.25) is 0 Å². The summed E-state index contributed by atoms with van der Waals surface area (Å²) in [7, 11) is -4.94. The molecule has 24 heavy (non-hydrogen) atoms. The maximum absolute atomic E-state index is 11.9. The van der Waals surface area contributed by atoms with E-state index in [9.17, 15) is 4.79 Å². The lowest BCUT2D eigenvalue weighted by Gasteiger charge is -2.17. The minimum Gasteiger partial charge on any atom is -0.275 e. The number of amides is 1. The molecule has 1 saturated heterocycles. The van der Waals surface area contributed by atoms with Crippen LogP contribution < -0.4 is 23.2 Å². The fourth-order valence-corrected chi connectivity index (χ4v) is 3.10. The van der Waals surface area contributed by atoms with Crippen LogP contribution >= 0.6 is 0 Å². The third-order valence-corrected chi connectivity index (χ3v) is 3.92. The van der Waals surface area contributed by atoms with Gasteiger partial charge in [0.15, 0.2) is 12.4 Å². The molecule has 3 rings (SSSR count). The molecule has 1 aliphatic rings. The quantitative estimate of drug-likeness (QED) is 0.426. The second kappa shape index (κ2) is 6.84. The van der Waals surface area contributed by atoms with Gasteiger partial charge >= 0.3 is 0 Å². The fraction of sp³-hybridized carbons (Fsp3) is 0.250. The molecule has 2 unspecified atom stereocenters. The number of benzene rings is 1. The lowest BCUT2D eigenvalue weighted by molar-refractivity contribution is -2.00. The molecule has 0 spiro atoms. The van der Waals surface area contributed by atoms with E-state index >= 15 is 0 Å². The first kappa shape index (κ1) is 18.3. The number of halogens is 1. The molecule has 0 bridgehead atoms. The maximum atomic E-state index is 11.9. The Morgan fingerprint density at radius 3 is 1.92 bits per heavy atom. The third-order valence-electron chi connectivity index (χ3n) is 3.92. The molecule has 128 valence electrons. The van der Waals surface area contributed by atoms with E-state index in [0.29, 0.717) is 0 Å². The van der Waals surface area contributed by atoms with Crippen LogP contribution in [-0.4, -0.2) is 16.8 Å². The summed E-state index contributed by atoms with van der Waals surface area (Å²) in [5.41, 5.74) is 0.780. The smallest absolute Gasteiger partial charge is 0.275 e. The molecule has 7 nitrogen and oxygen atoms in total. The molecule has 1 fully saturated rings. The van der Waals surface area contributed by atoms with Crippen molar-refractivity contribution in [3.63, 3.8) is 0 Å². The van der Waals surface area contributed by atoms with Gasteiger partial charge in [-0.1, -0.05) is 24.3 Å². The lowest BCUT2D eigenvalue weighted by atomic mass is 10.0. The fourth-order valence-electron chi connectivity index (χ4n) is 3.10. The average molecular weight is 353 g/mol. The highest BCUT2D eigenvalue weighted by Gasteiger charge is 2.71. The Morgan fingerprint density at radius 2 is 1.50 bits per heavy atom. The van der Waals surface area contributed by atoms with Crippen molar-refractivity contribution in [1.82, 2.24) is 4.90 Å². The van der Waals surface area contributed by atoms with Crippen molar-refractivity contribution >= 4 is 5.91 Å². The first-order chi connectivity index (χ1) is 11.2. The summed E-state index contributed by atoms with van der Waals surface area (Å²) in [5, 5.41) is 0. The zero-order chi connectivity index (χ0) is 18.0. The standard InChI is InChI=1S/C16H17N2O.ClHO4/c1-13-16(18(13)14(2)19,15-9-5-3-6-10-15)17-11-7-4-8-12-17;2-1(3,4)5/h3-13H,1-2H3;(H,2,3,4,5)/q+1;/p-1. The Hall–Kier alpha value is -2.03. The summed E-state index contributed by atoms with van der Waals surface area (Å²) >= 11 is 0. The minimum atomic E-state index is -4.94. The molecule has 8 heteroatoms. The van der Waals surface area contributed by atoms with Crippen molar-refractivity contribution in [3.05, 3.63) is 66.5 Å². The van der Waals surface area contributed by atoms with Crippen LogP contribution in [-0.2, 0) is 10.5 Å². The molecular formula is C16H17ClN2O5. The molecule has 1 aliphatic heterocycles. The summed E-state index contributed by atoms with van der Waals surface area (Å²) in [6.07, 6.45) is 4.04. The van der Waals surface area contributed by atoms with Crippen molar-refractivity contribution < 1.29 is 38.2 Å². The molecular weight excluding hydrogens is 336 g/mol. The second-order valence-corrected chi connectivity index (χ2v) is 6.07. The molecule has 0 saturated carbocycles. The molecule has 1 amide bonds. The number of aromatic nitrogens is 1. The SMILES string of the molecule is CC(=O)N1C(C)C1(c1ccccc1)[n+]1ccccc1.[O-][Cl+3]([O-])([O-])[O-]. The molecule has 0 radical (unpaired) electrons. The van der Waals surface area contributed by atoms with Gasteiger partial charge in [-0.25, -0.2) is 18.6 Å². The van der Waals surface area contributed by atoms with Gasteiger partial charge in [0.1, 0.15) is 6.04 Å². The number of carbonyl (C=O) groups excluding carboxylic acids is 1. The van der Waals surface area contributed by atoms with Gasteiger partial charge in [-0.2, -0.15) is 4.57 Å². The number of carbonyl (C=O) groups is 1. The number of nitrogens with zero attached hydrogens (tertiary/aromatic N) is 2. The summed E-state index contributed by atoms with van der Waals surface area (Å²) in [5.74, 6) is 0.104. The predicted molar refractivity (Wildman–Crippen MR) is 72.1 cm³/mol. The van der Waals surface area contributed by atoms with Gasteiger partial charge in [0, 0.05) is 24.6 Å². The van der Waals surface area contributed by atoms with Crippen LogP contribution in [0, 0.1) is 10.2 Å². The van der Waals surface area contributed by atoms with Crippen LogP contribution in [0.1, 0.15) is 19.4 Å². The van der Waals surface area contributed by atoms with E-state index in [0.717, 1.165) is 5.56 Å². The highest BCUT2D eigenvalue weighted by Crippen LogP contribution is 2.46. The predicted octanol–water partition coefficient (Wildman–Crippen LogP) is -2.83. The highest BCUT2D eigenvalue weighted by atomic mass is 35.7. The minimum absolute atomic E-state index is 0.104. The van der Waals surface area contributed by atoms with Crippen molar-refractivity contribution in [3.8, 4) is 0 Å². The van der Waals surface area contributed by atoms with Gasteiger partial charge in [0.05, 0.1) is 0 Å². The van der Waals surface area contributed by atoms with Gasteiger partial charge in [0.2, 0.25) is 5.91 Å². The Kier molecular flexibility index (Phi) is 5.22. The summed E-state index contributed by atoms with van der Waals surface area (Å²) in [6.45, 7) is 3.72. The number of hydrogen-bond donors (Lipinski definition) is 0. The Bertz CT molecular complexity index is 645. The topological polar surface area (TPSA) is 116 Å². The Morgan fingerprint density at radius 1 is 1.04 bits per heavy atom. The van der Waals surface area contributed by atoms with E-state index in [1.807, 2.05) is 53.7 Å². The van der Waals surface area contributed by atoms with Crippen molar-refractivity contribution in [2.45, 2.75) is 25.6 Å². The normalized spacial score (nSPS) is 22.4. The first-order valence-electron chi connectivity index (χ1n) is 7.13.